The maximum absolute atomic E-state index is 12.1. The van der Waals surface area contributed by atoms with Gasteiger partial charge in [0.25, 0.3) is 5.89 Å². The Kier molecular flexibility index (Phi) is 4.24. The van der Waals surface area contributed by atoms with E-state index in [2.05, 4.69) is 20.0 Å². The number of hydrogen-bond donors (Lipinski definition) is 0. The molecule has 0 aliphatic heterocycles. The monoisotopic (exact) mass is 340 g/mol. The van der Waals surface area contributed by atoms with Crippen LogP contribution in [0.3, 0.4) is 0 Å². The van der Waals surface area contributed by atoms with E-state index in [1.807, 2.05) is 6.92 Å². The van der Waals surface area contributed by atoms with E-state index in [4.69, 9.17) is 16.0 Å². The highest BCUT2D eigenvalue weighted by Crippen LogP contribution is 2.28. The number of ether oxygens (including phenoxy) is 1. The zero-order valence-electron chi connectivity index (χ0n) is 11.9. The summed E-state index contributed by atoms with van der Waals surface area (Å²) in [5, 5.41) is 12.5. The fraction of sp³-hybridized carbons (Fsp3) is 0.214. The predicted octanol–water partition coefficient (Wildman–Crippen LogP) is 3.87. The van der Waals surface area contributed by atoms with Crippen molar-refractivity contribution in [2.75, 3.05) is 0 Å². The summed E-state index contributed by atoms with van der Waals surface area (Å²) in [5.74, 6) is 0.462. The smallest absolute Gasteiger partial charge is 0.387 e. The van der Waals surface area contributed by atoms with Crippen LogP contribution in [0, 0.1) is 0 Å². The van der Waals surface area contributed by atoms with Gasteiger partial charge in [0.05, 0.1) is 5.02 Å². The van der Waals surface area contributed by atoms with Crippen molar-refractivity contribution in [3.63, 3.8) is 0 Å². The number of aromatic nitrogens is 4. The first-order valence-corrected chi connectivity index (χ1v) is 7.06. The van der Waals surface area contributed by atoms with Crippen LogP contribution >= 0.6 is 11.6 Å². The quantitative estimate of drug-likeness (QED) is 0.705. The predicted molar refractivity (Wildman–Crippen MR) is 78.3 cm³/mol. The second kappa shape index (κ2) is 6.33. The topological polar surface area (TPSA) is 66.0 Å². The molecule has 2 heterocycles. The summed E-state index contributed by atoms with van der Waals surface area (Å²) in [6.45, 7) is -0.284. The molecule has 0 spiro atoms. The standard InChI is InChI=1S/C14H11ClF2N4O2/c1-2-21-7-10(15)11(20-21)13-19-18-12(23-13)8-3-5-9(6-4-8)22-14(16)17/h3-7,14H,2H2,1H3. The van der Waals surface area contributed by atoms with Crippen molar-refractivity contribution in [2.45, 2.75) is 20.1 Å². The van der Waals surface area contributed by atoms with Crippen LogP contribution in [0.4, 0.5) is 8.78 Å². The van der Waals surface area contributed by atoms with Gasteiger partial charge in [0.15, 0.2) is 5.69 Å². The summed E-state index contributed by atoms with van der Waals surface area (Å²) in [5.41, 5.74) is 0.960. The van der Waals surface area contributed by atoms with E-state index in [9.17, 15) is 8.78 Å². The largest absolute Gasteiger partial charge is 0.435 e. The molecule has 1 aromatic carbocycles. The van der Waals surface area contributed by atoms with E-state index >= 15 is 0 Å². The molecule has 0 atom stereocenters. The molecule has 0 fully saturated rings. The van der Waals surface area contributed by atoms with E-state index in [0.29, 0.717) is 22.8 Å². The maximum atomic E-state index is 12.1. The highest BCUT2D eigenvalue weighted by molar-refractivity contribution is 6.32. The van der Waals surface area contributed by atoms with Crippen LogP contribution in [0.1, 0.15) is 6.92 Å². The number of aryl methyl sites for hydroxylation is 1. The van der Waals surface area contributed by atoms with Gasteiger partial charge < -0.3 is 9.15 Å². The number of alkyl halides is 2. The Labute approximate surface area is 134 Å². The molecule has 6 nitrogen and oxygen atoms in total. The zero-order valence-corrected chi connectivity index (χ0v) is 12.7. The molecule has 0 unspecified atom stereocenters. The van der Waals surface area contributed by atoms with Gasteiger partial charge in [-0.25, -0.2) is 0 Å². The molecule has 0 amide bonds. The Morgan fingerprint density at radius 3 is 2.52 bits per heavy atom. The van der Waals surface area contributed by atoms with Gasteiger partial charge in [-0.3, -0.25) is 4.68 Å². The lowest BCUT2D eigenvalue weighted by Crippen LogP contribution is -2.01. The second-order valence-corrected chi connectivity index (χ2v) is 4.90. The summed E-state index contributed by atoms with van der Waals surface area (Å²) in [7, 11) is 0. The summed E-state index contributed by atoms with van der Waals surface area (Å²) >= 11 is 6.08. The number of rotatable bonds is 5. The Bertz CT molecular complexity index is 801. The minimum absolute atomic E-state index is 0.0493. The number of halogens is 3. The first-order chi connectivity index (χ1) is 11.1. The molecular weight excluding hydrogens is 330 g/mol. The molecule has 0 aliphatic carbocycles. The number of hydrogen-bond acceptors (Lipinski definition) is 5. The van der Waals surface area contributed by atoms with Gasteiger partial charge >= 0.3 is 6.61 Å². The average molecular weight is 341 g/mol. The van der Waals surface area contributed by atoms with Crippen LogP contribution < -0.4 is 4.74 Å². The molecular formula is C14H11ClF2N4O2. The lowest BCUT2D eigenvalue weighted by Gasteiger charge is -2.03. The highest BCUT2D eigenvalue weighted by atomic mass is 35.5. The zero-order chi connectivity index (χ0) is 16.4. The van der Waals surface area contributed by atoms with Crippen LogP contribution in [0.15, 0.2) is 34.9 Å². The third-order valence-electron chi connectivity index (χ3n) is 3.00. The lowest BCUT2D eigenvalue weighted by atomic mass is 10.2. The highest BCUT2D eigenvalue weighted by Gasteiger charge is 2.17. The van der Waals surface area contributed by atoms with Crippen LogP contribution in [0.5, 0.6) is 5.75 Å². The Balaban J connectivity index is 1.85. The summed E-state index contributed by atoms with van der Waals surface area (Å²) in [6, 6.07) is 5.87. The number of benzene rings is 1. The second-order valence-electron chi connectivity index (χ2n) is 4.50. The minimum Gasteiger partial charge on any atom is -0.435 e. The summed E-state index contributed by atoms with van der Waals surface area (Å²) in [4.78, 5) is 0. The van der Waals surface area contributed by atoms with Gasteiger partial charge in [-0.05, 0) is 31.2 Å². The third-order valence-corrected chi connectivity index (χ3v) is 3.27. The molecule has 0 N–H and O–H groups in total. The molecule has 0 saturated carbocycles. The van der Waals surface area contributed by atoms with Gasteiger partial charge in [-0.2, -0.15) is 13.9 Å². The van der Waals surface area contributed by atoms with E-state index in [0.717, 1.165) is 0 Å². The molecule has 0 aliphatic rings. The van der Waals surface area contributed by atoms with Gasteiger partial charge in [0.1, 0.15) is 5.75 Å². The van der Waals surface area contributed by atoms with Crippen molar-refractivity contribution in [1.29, 1.82) is 0 Å². The Morgan fingerprint density at radius 2 is 1.91 bits per heavy atom. The van der Waals surface area contributed by atoms with Gasteiger partial charge in [-0.1, -0.05) is 11.6 Å². The van der Waals surface area contributed by atoms with E-state index in [1.54, 1.807) is 23.0 Å². The average Bonchev–Trinajstić information content (AvgIpc) is 3.13. The van der Waals surface area contributed by atoms with Crippen LogP contribution in [0.25, 0.3) is 23.0 Å². The third kappa shape index (κ3) is 3.31. The van der Waals surface area contributed by atoms with Crippen molar-refractivity contribution in [2.24, 2.45) is 0 Å². The van der Waals surface area contributed by atoms with E-state index in [1.165, 1.54) is 12.1 Å². The molecule has 0 bridgehead atoms. The van der Waals surface area contributed by atoms with Gasteiger partial charge in [0.2, 0.25) is 5.89 Å². The molecule has 9 heteroatoms. The first kappa shape index (κ1) is 15.4. The van der Waals surface area contributed by atoms with E-state index < -0.39 is 6.61 Å². The van der Waals surface area contributed by atoms with Crippen molar-refractivity contribution < 1.29 is 17.9 Å². The fourth-order valence-corrected chi connectivity index (χ4v) is 2.15. The van der Waals surface area contributed by atoms with Crippen molar-refractivity contribution in [3.8, 4) is 28.8 Å². The van der Waals surface area contributed by atoms with Crippen LogP contribution in [-0.2, 0) is 6.54 Å². The van der Waals surface area contributed by atoms with Crippen LogP contribution in [-0.4, -0.2) is 26.6 Å². The summed E-state index contributed by atoms with van der Waals surface area (Å²) < 4.78 is 35.7. The maximum Gasteiger partial charge on any atom is 0.387 e. The number of nitrogens with zero attached hydrogens (tertiary/aromatic N) is 4. The Morgan fingerprint density at radius 1 is 1.22 bits per heavy atom. The van der Waals surface area contributed by atoms with E-state index in [-0.39, 0.29) is 17.5 Å². The molecule has 3 aromatic rings. The summed E-state index contributed by atoms with van der Waals surface area (Å²) in [6.07, 6.45) is 1.66. The van der Waals surface area contributed by atoms with Crippen molar-refractivity contribution in [1.82, 2.24) is 20.0 Å². The van der Waals surface area contributed by atoms with Crippen LogP contribution in [0.2, 0.25) is 5.02 Å². The molecule has 2 aromatic heterocycles. The molecule has 0 saturated heterocycles. The molecule has 3 rings (SSSR count). The SMILES string of the molecule is CCn1cc(Cl)c(-c2nnc(-c3ccc(OC(F)F)cc3)o2)n1. The Hall–Kier alpha value is -2.48. The van der Waals surface area contributed by atoms with Gasteiger partial charge in [0, 0.05) is 18.3 Å². The van der Waals surface area contributed by atoms with Crippen molar-refractivity contribution in [3.05, 3.63) is 35.5 Å². The lowest BCUT2D eigenvalue weighted by molar-refractivity contribution is -0.0498. The normalized spacial score (nSPS) is 11.2. The molecule has 0 radical (unpaired) electrons. The van der Waals surface area contributed by atoms with Gasteiger partial charge in [-0.15, -0.1) is 10.2 Å². The minimum atomic E-state index is -2.87. The molecule has 120 valence electrons. The van der Waals surface area contributed by atoms with Crippen molar-refractivity contribution >= 4 is 11.6 Å². The molecule has 23 heavy (non-hydrogen) atoms. The first-order valence-electron chi connectivity index (χ1n) is 6.69. The fourth-order valence-electron chi connectivity index (χ4n) is 1.92.